The smallest absolute Gasteiger partial charge is 0.126 e. The third kappa shape index (κ3) is 2.53. The van der Waals surface area contributed by atoms with E-state index in [2.05, 4.69) is 0 Å². The average Bonchev–Trinajstić information content (AvgIpc) is 2.58. The van der Waals surface area contributed by atoms with Crippen LogP contribution < -0.4 is 0 Å². The normalized spacial score (nSPS) is 25.8. The van der Waals surface area contributed by atoms with E-state index in [-0.39, 0.29) is 17.8 Å². The Morgan fingerprint density at radius 2 is 2.07 bits per heavy atom. The Balaban J connectivity index is 2.07. The molecule has 0 aliphatic heterocycles. The van der Waals surface area contributed by atoms with E-state index < -0.39 is 5.82 Å². The Morgan fingerprint density at radius 3 is 2.73 bits per heavy atom. The minimum absolute atomic E-state index is 0.258. The van der Waals surface area contributed by atoms with Gasteiger partial charge in [-0.25, -0.2) is 8.78 Å². The molecule has 1 saturated carbocycles. The zero-order valence-electron chi connectivity index (χ0n) is 8.42. The summed E-state index contributed by atoms with van der Waals surface area (Å²) in [5.74, 6) is -0.459. The molecule has 1 aliphatic rings. The number of rotatable bonds is 2. The van der Waals surface area contributed by atoms with Crippen molar-refractivity contribution in [2.24, 2.45) is 5.92 Å². The van der Waals surface area contributed by atoms with Crippen molar-refractivity contribution >= 4 is 0 Å². The van der Waals surface area contributed by atoms with Gasteiger partial charge in [0, 0.05) is 0 Å². The second-order valence-corrected chi connectivity index (χ2v) is 4.27. The fourth-order valence-corrected chi connectivity index (χ4v) is 2.24. The van der Waals surface area contributed by atoms with Gasteiger partial charge in [-0.3, -0.25) is 0 Å². The third-order valence-corrected chi connectivity index (χ3v) is 3.03. The Morgan fingerprint density at radius 1 is 1.27 bits per heavy atom. The van der Waals surface area contributed by atoms with Gasteiger partial charge in [0.15, 0.2) is 0 Å². The van der Waals surface area contributed by atoms with Gasteiger partial charge >= 0.3 is 0 Å². The summed E-state index contributed by atoms with van der Waals surface area (Å²) in [5.41, 5.74) is 0.425. The van der Waals surface area contributed by atoms with Crippen molar-refractivity contribution in [3.05, 3.63) is 35.4 Å². The first-order valence-corrected chi connectivity index (χ1v) is 5.27. The Bertz CT molecular complexity index is 351. The summed E-state index contributed by atoms with van der Waals surface area (Å²) in [6.07, 6.45) is 2.65. The standard InChI is InChI=1S/C12H14F2O/c13-10-2-4-12(14)9(7-10)5-8-1-3-11(15)6-8/h2,4,7-8,11,15H,1,3,5-6H2. The van der Waals surface area contributed by atoms with Gasteiger partial charge in [-0.05, 0) is 55.4 Å². The summed E-state index contributed by atoms with van der Waals surface area (Å²) in [5, 5.41) is 9.33. The molecule has 1 aromatic carbocycles. The summed E-state index contributed by atoms with van der Waals surface area (Å²) in [6, 6.07) is 3.54. The molecule has 0 saturated heterocycles. The maximum Gasteiger partial charge on any atom is 0.126 e. The summed E-state index contributed by atoms with van der Waals surface area (Å²) < 4.78 is 26.2. The average molecular weight is 212 g/mol. The topological polar surface area (TPSA) is 20.2 Å². The predicted molar refractivity (Wildman–Crippen MR) is 53.4 cm³/mol. The van der Waals surface area contributed by atoms with Crippen molar-refractivity contribution in [2.45, 2.75) is 31.8 Å². The highest BCUT2D eigenvalue weighted by atomic mass is 19.1. The number of hydrogen-bond donors (Lipinski definition) is 1. The molecule has 1 N–H and O–H groups in total. The fraction of sp³-hybridized carbons (Fsp3) is 0.500. The van der Waals surface area contributed by atoms with Crippen LogP contribution >= 0.6 is 0 Å². The molecule has 1 aromatic rings. The minimum atomic E-state index is -0.398. The minimum Gasteiger partial charge on any atom is -0.393 e. The fourth-order valence-electron chi connectivity index (χ4n) is 2.24. The molecule has 3 heteroatoms. The van der Waals surface area contributed by atoms with Gasteiger partial charge in [0.2, 0.25) is 0 Å². The van der Waals surface area contributed by atoms with Gasteiger partial charge in [-0.2, -0.15) is 0 Å². The Hall–Kier alpha value is -0.960. The third-order valence-electron chi connectivity index (χ3n) is 3.03. The van der Waals surface area contributed by atoms with E-state index in [9.17, 15) is 13.9 Å². The molecule has 0 amide bonds. The van der Waals surface area contributed by atoms with Crippen LogP contribution in [0.2, 0.25) is 0 Å². The molecule has 15 heavy (non-hydrogen) atoms. The quantitative estimate of drug-likeness (QED) is 0.799. The van der Waals surface area contributed by atoms with Crippen molar-refractivity contribution < 1.29 is 13.9 Å². The number of benzene rings is 1. The lowest BCUT2D eigenvalue weighted by molar-refractivity contribution is 0.177. The van der Waals surface area contributed by atoms with Crippen molar-refractivity contribution in [3.63, 3.8) is 0 Å². The zero-order chi connectivity index (χ0) is 10.8. The maximum atomic E-state index is 13.3. The van der Waals surface area contributed by atoms with E-state index in [1.165, 1.54) is 6.07 Å². The zero-order valence-corrected chi connectivity index (χ0v) is 8.42. The Kier molecular flexibility index (Phi) is 3.00. The van der Waals surface area contributed by atoms with Gasteiger partial charge in [-0.1, -0.05) is 0 Å². The molecule has 0 spiro atoms. The predicted octanol–water partition coefficient (Wildman–Crippen LogP) is 2.67. The lowest BCUT2D eigenvalue weighted by atomic mass is 9.97. The van der Waals surface area contributed by atoms with Crippen molar-refractivity contribution in [2.75, 3.05) is 0 Å². The van der Waals surface area contributed by atoms with E-state index in [4.69, 9.17) is 0 Å². The Labute approximate surface area is 87.7 Å². The monoisotopic (exact) mass is 212 g/mol. The van der Waals surface area contributed by atoms with Crippen molar-refractivity contribution in [3.8, 4) is 0 Å². The maximum absolute atomic E-state index is 13.3. The van der Waals surface area contributed by atoms with Gasteiger partial charge in [0.1, 0.15) is 11.6 Å². The van der Waals surface area contributed by atoms with Crippen LogP contribution in [0.15, 0.2) is 18.2 Å². The number of halogens is 2. The van der Waals surface area contributed by atoms with Crippen LogP contribution in [0.25, 0.3) is 0 Å². The van der Waals surface area contributed by atoms with E-state index in [0.29, 0.717) is 18.4 Å². The molecule has 1 nitrogen and oxygen atoms in total. The molecule has 0 aromatic heterocycles. The SMILES string of the molecule is OC1CCC(Cc2cc(F)ccc2F)C1. The van der Waals surface area contributed by atoms with Crippen LogP contribution in [0.3, 0.4) is 0 Å². The lowest BCUT2D eigenvalue weighted by Gasteiger charge is -2.09. The second-order valence-electron chi connectivity index (χ2n) is 4.27. The molecule has 2 unspecified atom stereocenters. The summed E-state index contributed by atoms with van der Waals surface area (Å²) in [7, 11) is 0. The van der Waals surface area contributed by atoms with Crippen LogP contribution in [0.4, 0.5) is 8.78 Å². The first kappa shape index (κ1) is 10.6. The highest BCUT2D eigenvalue weighted by molar-refractivity contribution is 5.19. The summed E-state index contributed by atoms with van der Waals surface area (Å²) in [4.78, 5) is 0. The van der Waals surface area contributed by atoms with E-state index >= 15 is 0 Å². The summed E-state index contributed by atoms with van der Waals surface area (Å²) >= 11 is 0. The molecule has 0 radical (unpaired) electrons. The van der Waals surface area contributed by atoms with Crippen LogP contribution in [0.5, 0.6) is 0 Å². The first-order chi connectivity index (χ1) is 7.15. The van der Waals surface area contributed by atoms with E-state index in [0.717, 1.165) is 25.0 Å². The van der Waals surface area contributed by atoms with Gasteiger partial charge in [0.25, 0.3) is 0 Å². The molecular formula is C12H14F2O. The van der Waals surface area contributed by atoms with Crippen LogP contribution in [-0.4, -0.2) is 11.2 Å². The number of aliphatic hydroxyl groups is 1. The lowest BCUT2D eigenvalue weighted by Crippen LogP contribution is -2.04. The van der Waals surface area contributed by atoms with Gasteiger partial charge < -0.3 is 5.11 Å². The largest absolute Gasteiger partial charge is 0.393 e. The van der Waals surface area contributed by atoms with Gasteiger partial charge in [0.05, 0.1) is 6.10 Å². The van der Waals surface area contributed by atoms with E-state index in [1.54, 1.807) is 0 Å². The molecule has 0 heterocycles. The molecule has 2 atom stereocenters. The molecule has 1 fully saturated rings. The second kappa shape index (κ2) is 4.27. The number of hydrogen-bond acceptors (Lipinski definition) is 1. The highest BCUT2D eigenvalue weighted by Crippen LogP contribution is 2.29. The highest BCUT2D eigenvalue weighted by Gasteiger charge is 2.23. The number of aliphatic hydroxyl groups excluding tert-OH is 1. The van der Waals surface area contributed by atoms with Crippen LogP contribution in [0, 0.1) is 17.6 Å². The first-order valence-electron chi connectivity index (χ1n) is 5.27. The molecule has 0 bridgehead atoms. The molecule has 82 valence electrons. The molecule has 1 aliphatic carbocycles. The van der Waals surface area contributed by atoms with Crippen LogP contribution in [-0.2, 0) is 6.42 Å². The van der Waals surface area contributed by atoms with Crippen molar-refractivity contribution in [1.82, 2.24) is 0 Å². The van der Waals surface area contributed by atoms with Crippen LogP contribution in [0.1, 0.15) is 24.8 Å². The van der Waals surface area contributed by atoms with E-state index in [1.807, 2.05) is 0 Å². The van der Waals surface area contributed by atoms with Crippen molar-refractivity contribution in [1.29, 1.82) is 0 Å². The molecular weight excluding hydrogens is 198 g/mol. The van der Waals surface area contributed by atoms with Gasteiger partial charge in [-0.15, -0.1) is 0 Å². The molecule has 2 rings (SSSR count). The summed E-state index contributed by atoms with van der Waals surface area (Å²) in [6.45, 7) is 0.